The first kappa shape index (κ1) is 12.0. The molecule has 3 heteroatoms. The monoisotopic (exact) mass is 261 g/mol. The molecular weight excluding hydrogens is 242 g/mol. The van der Waals surface area contributed by atoms with Gasteiger partial charge < -0.3 is 4.90 Å². The quantitative estimate of drug-likeness (QED) is 0.814. The van der Waals surface area contributed by atoms with Gasteiger partial charge in [-0.05, 0) is 48.1 Å². The average Bonchev–Trinajstić information content (AvgIpc) is 2.91. The van der Waals surface area contributed by atoms with E-state index >= 15 is 0 Å². The standard InChI is InChI=1S/C15H19NOS/c1-15-7-3-2-4-13(15)16(14(17)10-15)8-5-12-6-9-18-11-12/h4,6,9,11H,2-3,5,7-8,10H2,1H3. The van der Waals surface area contributed by atoms with E-state index in [0.29, 0.717) is 12.3 Å². The summed E-state index contributed by atoms with van der Waals surface area (Å²) in [5, 5.41) is 4.28. The van der Waals surface area contributed by atoms with E-state index in [1.54, 1.807) is 11.3 Å². The third-order valence-electron chi connectivity index (χ3n) is 4.23. The molecule has 1 atom stereocenters. The summed E-state index contributed by atoms with van der Waals surface area (Å²) in [7, 11) is 0. The zero-order valence-corrected chi connectivity index (χ0v) is 11.6. The van der Waals surface area contributed by atoms with E-state index in [1.807, 2.05) is 4.90 Å². The van der Waals surface area contributed by atoms with Gasteiger partial charge in [-0.25, -0.2) is 0 Å². The number of hydrogen-bond donors (Lipinski definition) is 0. The predicted molar refractivity (Wildman–Crippen MR) is 74.4 cm³/mol. The Morgan fingerprint density at radius 3 is 3.17 bits per heavy atom. The summed E-state index contributed by atoms with van der Waals surface area (Å²) in [6.07, 6.45) is 7.51. The summed E-state index contributed by atoms with van der Waals surface area (Å²) in [4.78, 5) is 14.2. The van der Waals surface area contributed by atoms with Crippen LogP contribution >= 0.6 is 11.3 Å². The van der Waals surface area contributed by atoms with Crippen LogP contribution in [0.15, 0.2) is 28.6 Å². The number of carbonyl (C=O) groups is 1. The molecule has 1 saturated heterocycles. The van der Waals surface area contributed by atoms with Gasteiger partial charge in [0.25, 0.3) is 0 Å². The van der Waals surface area contributed by atoms with Crippen molar-refractivity contribution < 1.29 is 4.79 Å². The molecule has 0 radical (unpaired) electrons. The lowest BCUT2D eigenvalue weighted by molar-refractivity contribution is -0.126. The van der Waals surface area contributed by atoms with Crippen molar-refractivity contribution in [3.8, 4) is 0 Å². The van der Waals surface area contributed by atoms with Crippen molar-refractivity contribution in [2.24, 2.45) is 5.41 Å². The van der Waals surface area contributed by atoms with Gasteiger partial charge in [0, 0.05) is 24.1 Å². The summed E-state index contributed by atoms with van der Waals surface area (Å²) in [5.41, 5.74) is 2.77. The zero-order chi connectivity index (χ0) is 12.6. The number of fused-ring (bicyclic) bond motifs is 1. The molecule has 3 rings (SSSR count). The highest BCUT2D eigenvalue weighted by Crippen LogP contribution is 2.47. The van der Waals surface area contributed by atoms with Gasteiger partial charge in [0.05, 0.1) is 0 Å². The lowest BCUT2D eigenvalue weighted by atomic mass is 9.77. The maximum atomic E-state index is 12.2. The second-order valence-electron chi connectivity index (χ2n) is 5.65. The lowest BCUT2D eigenvalue weighted by Crippen LogP contribution is -2.28. The van der Waals surface area contributed by atoms with Crippen LogP contribution in [0.25, 0.3) is 0 Å². The molecule has 1 unspecified atom stereocenters. The van der Waals surface area contributed by atoms with E-state index in [1.165, 1.54) is 24.1 Å². The van der Waals surface area contributed by atoms with Gasteiger partial charge in [-0.1, -0.05) is 13.0 Å². The Balaban J connectivity index is 1.75. The molecule has 18 heavy (non-hydrogen) atoms. The van der Waals surface area contributed by atoms with Crippen LogP contribution in [0.2, 0.25) is 0 Å². The highest BCUT2D eigenvalue weighted by atomic mass is 32.1. The Hall–Kier alpha value is -1.09. The molecule has 1 aromatic heterocycles. The number of nitrogens with zero attached hydrogens (tertiary/aromatic N) is 1. The Labute approximate surface area is 112 Å². The minimum atomic E-state index is 0.129. The van der Waals surface area contributed by atoms with Crippen molar-refractivity contribution in [2.75, 3.05) is 6.54 Å². The summed E-state index contributed by atoms with van der Waals surface area (Å²) in [6.45, 7) is 3.09. The first-order chi connectivity index (χ1) is 8.69. The first-order valence-electron chi connectivity index (χ1n) is 6.71. The predicted octanol–water partition coefficient (Wildman–Crippen LogP) is 3.60. The van der Waals surface area contributed by atoms with Crippen molar-refractivity contribution >= 4 is 17.2 Å². The summed E-state index contributed by atoms with van der Waals surface area (Å²) >= 11 is 1.73. The Morgan fingerprint density at radius 2 is 2.39 bits per heavy atom. The Morgan fingerprint density at radius 1 is 1.50 bits per heavy atom. The van der Waals surface area contributed by atoms with Crippen molar-refractivity contribution in [1.29, 1.82) is 0 Å². The molecule has 96 valence electrons. The van der Waals surface area contributed by atoms with Crippen molar-refractivity contribution in [1.82, 2.24) is 4.90 Å². The molecule has 2 nitrogen and oxygen atoms in total. The minimum absolute atomic E-state index is 0.129. The second-order valence-corrected chi connectivity index (χ2v) is 6.43. The maximum absolute atomic E-state index is 12.2. The van der Waals surface area contributed by atoms with E-state index in [2.05, 4.69) is 29.8 Å². The number of likely N-dealkylation sites (tertiary alicyclic amines) is 1. The van der Waals surface area contributed by atoms with Gasteiger partial charge >= 0.3 is 0 Å². The van der Waals surface area contributed by atoms with E-state index in [9.17, 15) is 4.79 Å². The highest BCUT2D eigenvalue weighted by molar-refractivity contribution is 7.07. The van der Waals surface area contributed by atoms with Gasteiger partial charge in [0.2, 0.25) is 5.91 Å². The molecule has 0 N–H and O–H groups in total. The molecular formula is C15H19NOS. The third-order valence-corrected chi connectivity index (χ3v) is 4.96. The number of thiophene rings is 1. The number of allylic oxidation sites excluding steroid dienone is 2. The number of hydrogen-bond acceptors (Lipinski definition) is 2. The molecule has 1 aromatic rings. The molecule has 1 fully saturated rings. The normalized spacial score (nSPS) is 27.3. The van der Waals surface area contributed by atoms with Crippen LogP contribution in [0.3, 0.4) is 0 Å². The van der Waals surface area contributed by atoms with Gasteiger partial charge in [-0.2, -0.15) is 11.3 Å². The van der Waals surface area contributed by atoms with Gasteiger partial charge in [0.1, 0.15) is 0 Å². The van der Waals surface area contributed by atoms with Crippen LogP contribution in [0.5, 0.6) is 0 Å². The largest absolute Gasteiger partial charge is 0.316 e. The second kappa shape index (κ2) is 4.54. The van der Waals surface area contributed by atoms with Crippen LogP contribution < -0.4 is 0 Å². The number of carbonyl (C=O) groups excluding carboxylic acids is 1. The molecule has 0 aromatic carbocycles. The smallest absolute Gasteiger partial charge is 0.227 e. The van der Waals surface area contributed by atoms with Crippen LogP contribution in [0.1, 0.15) is 38.2 Å². The van der Waals surface area contributed by atoms with Gasteiger partial charge in [-0.3, -0.25) is 4.79 Å². The fraction of sp³-hybridized carbons (Fsp3) is 0.533. The molecule has 1 aliphatic carbocycles. The Bertz CT molecular complexity index is 477. The van der Waals surface area contributed by atoms with Crippen molar-refractivity contribution in [3.05, 3.63) is 34.2 Å². The highest BCUT2D eigenvalue weighted by Gasteiger charge is 2.44. The minimum Gasteiger partial charge on any atom is -0.316 e. The van der Waals surface area contributed by atoms with E-state index in [4.69, 9.17) is 0 Å². The molecule has 0 saturated carbocycles. The first-order valence-corrected chi connectivity index (χ1v) is 7.65. The molecule has 1 amide bonds. The van der Waals surface area contributed by atoms with Crippen molar-refractivity contribution in [3.63, 3.8) is 0 Å². The van der Waals surface area contributed by atoms with Gasteiger partial charge in [0.15, 0.2) is 0 Å². The fourth-order valence-corrected chi connectivity index (χ4v) is 3.91. The zero-order valence-electron chi connectivity index (χ0n) is 10.8. The maximum Gasteiger partial charge on any atom is 0.227 e. The summed E-state index contributed by atoms with van der Waals surface area (Å²) in [5.74, 6) is 0.320. The number of rotatable bonds is 3. The fourth-order valence-electron chi connectivity index (χ4n) is 3.20. The van der Waals surface area contributed by atoms with Crippen molar-refractivity contribution in [2.45, 2.75) is 39.0 Å². The molecule has 2 heterocycles. The third kappa shape index (κ3) is 2.01. The van der Waals surface area contributed by atoms with Gasteiger partial charge in [-0.15, -0.1) is 0 Å². The lowest BCUT2D eigenvalue weighted by Gasteiger charge is -2.31. The van der Waals surface area contributed by atoms with Crippen LogP contribution in [0.4, 0.5) is 0 Å². The van der Waals surface area contributed by atoms with E-state index < -0.39 is 0 Å². The SMILES string of the molecule is CC12CCCC=C1N(CCc1ccsc1)C(=O)C2. The molecule has 1 aliphatic heterocycles. The van der Waals surface area contributed by atoms with E-state index in [0.717, 1.165) is 19.4 Å². The molecule has 0 spiro atoms. The summed E-state index contributed by atoms with van der Waals surface area (Å²) in [6, 6.07) is 2.15. The average molecular weight is 261 g/mol. The number of amides is 1. The summed E-state index contributed by atoms with van der Waals surface area (Å²) < 4.78 is 0. The van der Waals surface area contributed by atoms with Crippen LogP contribution in [-0.2, 0) is 11.2 Å². The molecule has 2 aliphatic rings. The van der Waals surface area contributed by atoms with E-state index in [-0.39, 0.29) is 5.41 Å². The Kier molecular flexibility index (Phi) is 3.02. The topological polar surface area (TPSA) is 20.3 Å². The molecule has 0 bridgehead atoms. The van der Waals surface area contributed by atoms with Crippen LogP contribution in [-0.4, -0.2) is 17.4 Å². The van der Waals surface area contributed by atoms with Crippen LogP contribution in [0, 0.1) is 5.41 Å².